The van der Waals surface area contributed by atoms with Crippen LogP contribution in [-0.4, -0.2) is 0 Å². The van der Waals surface area contributed by atoms with Gasteiger partial charge in [0, 0.05) is 13.8 Å². The summed E-state index contributed by atoms with van der Waals surface area (Å²) in [6.45, 7) is 2.86. The quantitative estimate of drug-likeness (QED) is 0.409. The molecule has 0 N–H and O–H groups in total. The van der Waals surface area contributed by atoms with E-state index < -0.39 is 0 Å². The summed E-state index contributed by atoms with van der Waals surface area (Å²) >= 11 is 0. The maximum Gasteiger partial charge on any atom is 4.00 e. The molecule has 0 saturated heterocycles. The second-order valence-corrected chi connectivity index (χ2v) is 0.447. The summed E-state index contributed by atoms with van der Waals surface area (Å²) in [5.41, 5.74) is 0. The first-order chi connectivity index (χ1) is 2.83. The Labute approximate surface area is 85.4 Å². The molecule has 0 bridgehead atoms. The summed E-state index contributed by atoms with van der Waals surface area (Å²) < 4.78 is 0. The molecule has 0 spiro atoms. The van der Waals surface area contributed by atoms with Gasteiger partial charge in [0.2, 0.25) is 0 Å². The van der Waals surface area contributed by atoms with Gasteiger partial charge in [0.25, 0.3) is 0 Å². The minimum absolute atomic E-state index is 0. The minimum Gasteiger partial charge on any atom is -2.00 e. The maximum absolute atomic E-state index is 7.32. The SMILES string of the molecule is CC#N.CC#N.[Cl-].[Cl-].[O-2].[V+4]. The van der Waals surface area contributed by atoms with Crippen molar-refractivity contribution in [1.29, 1.82) is 10.5 Å². The van der Waals surface area contributed by atoms with E-state index in [-0.39, 0.29) is 48.8 Å². The molecule has 0 saturated carbocycles. The van der Waals surface area contributed by atoms with Crippen molar-refractivity contribution < 1.29 is 48.8 Å². The van der Waals surface area contributed by atoms with Crippen LogP contribution in [0.4, 0.5) is 0 Å². The molecule has 0 fully saturated rings. The molecule has 1 radical (unpaired) electrons. The normalized spacial score (nSPS) is 1.60. The van der Waals surface area contributed by atoms with Gasteiger partial charge in [0.05, 0.1) is 12.1 Å². The van der Waals surface area contributed by atoms with Crippen molar-refractivity contribution in [1.82, 2.24) is 0 Å². The van der Waals surface area contributed by atoms with E-state index in [1.54, 1.807) is 12.1 Å². The van der Waals surface area contributed by atoms with Crippen LogP contribution in [0.1, 0.15) is 13.8 Å². The van der Waals surface area contributed by atoms with Gasteiger partial charge in [0.1, 0.15) is 0 Å². The fourth-order valence-corrected chi connectivity index (χ4v) is 0. The zero-order valence-corrected chi connectivity index (χ0v) is 8.41. The van der Waals surface area contributed by atoms with E-state index in [0.717, 1.165) is 0 Å². The van der Waals surface area contributed by atoms with Crippen LogP contribution in [0.15, 0.2) is 0 Å². The van der Waals surface area contributed by atoms with Crippen molar-refractivity contribution >= 4 is 0 Å². The second-order valence-electron chi connectivity index (χ2n) is 0.447. The van der Waals surface area contributed by atoms with Crippen LogP contribution in [0, 0.1) is 22.7 Å². The third-order valence-electron chi connectivity index (χ3n) is 0. The van der Waals surface area contributed by atoms with Crippen LogP contribution < -0.4 is 24.8 Å². The molecule has 0 amide bonds. The monoisotopic (exact) mass is 219 g/mol. The zero-order chi connectivity index (χ0) is 5.41. The van der Waals surface area contributed by atoms with Gasteiger partial charge in [-0.05, 0) is 0 Å². The Balaban J connectivity index is -0.00000000571. The predicted octanol–water partition coefficient (Wildman–Crippen LogP) is -5.05. The Bertz CT molecular complexity index is 76.2. The Kier molecular flexibility index (Phi) is 671. The van der Waals surface area contributed by atoms with E-state index in [4.69, 9.17) is 10.5 Å². The van der Waals surface area contributed by atoms with E-state index in [1.807, 2.05) is 0 Å². The average molecular weight is 220 g/mol. The molecule has 0 aliphatic carbocycles. The Hall–Kier alpha value is 0.104. The van der Waals surface area contributed by atoms with Gasteiger partial charge in [-0.2, -0.15) is 10.5 Å². The van der Waals surface area contributed by atoms with Crippen molar-refractivity contribution in [2.24, 2.45) is 0 Å². The summed E-state index contributed by atoms with van der Waals surface area (Å²) in [6, 6.07) is 3.50. The number of halogens is 2. The van der Waals surface area contributed by atoms with Crippen LogP contribution in [0.25, 0.3) is 0 Å². The Morgan fingerprint density at radius 1 is 0.900 bits per heavy atom. The number of nitrogens with zero attached hydrogens (tertiary/aromatic N) is 2. The van der Waals surface area contributed by atoms with Gasteiger partial charge in [-0.3, -0.25) is 0 Å². The van der Waals surface area contributed by atoms with Gasteiger partial charge in [-0.1, -0.05) is 0 Å². The van der Waals surface area contributed by atoms with Gasteiger partial charge >= 0.3 is 18.6 Å². The van der Waals surface area contributed by atoms with Crippen LogP contribution in [0.2, 0.25) is 0 Å². The minimum atomic E-state index is 0. The fourth-order valence-electron chi connectivity index (χ4n) is 0. The van der Waals surface area contributed by atoms with Gasteiger partial charge in [-0.25, -0.2) is 0 Å². The third-order valence-corrected chi connectivity index (χ3v) is 0. The molecule has 0 rings (SSSR count). The van der Waals surface area contributed by atoms with Crippen LogP contribution >= 0.6 is 0 Å². The Morgan fingerprint density at radius 3 is 0.900 bits per heavy atom. The summed E-state index contributed by atoms with van der Waals surface area (Å²) in [7, 11) is 0. The molecule has 0 unspecified atom stereocenters. The first-order valence-corrected chi connectivity index (χ1v) is 1.45. The molecule has 10 heavy (non-hydrogen) atoms. The summed E-state index contributed by atoms with van der Waals surface area (Å²) in [4.78, 5) is 0. The molecule has 0 aromatic heterocycles. The molecule has 0 atom stereocenters. The number of nitriles is 2. The van der Waals surface area contributed by atoms with E-state index in [0.29, 0.717) is 0 Å². The van der Waals surface area contributed by atoms with Crippen molar-refractivity contribution in [3.63, 3.8) is 0 Å². The molecular formula is C4H6Cl2N2OV. The van der Waals surface area contributed by atoms with Crippen molar-refractivity contribution in [2.45, 2.75) is 13.8 Å². The molecule has 0 aliphatic heterocycles. The van der Waals surface area contributed by atoms with Crippen LogP contribution in [-0.2, 0) is 24.0 Å². The topological polar surface area (TPSA) is 76.1 Å². The van der Waals surface area contributed by atoms with Crippen molar-refractivity contribution in [3.05, 3.63) is 0 Å². The fraction of sp³-hybridized carbons (Fsp3) is 0.500. The van der Waals surface area contributed by atoms with Crippen molar-refractivity contribution in [3.8, 4) is 12.1 Å². The first kappa shape index (κ1) is 49.7. The predicted molar refractivity (Wildman–Crippen MR) is 23.3 cm³/mol. The molecule has 0 aromatic rings. The summed E-state index contributed by atoms with van der Waals surface area (Å²) in [6.07, 6.45) is 0. The number of rotatable bonds is 0. The third kappa shape index (κ3) is 37500. The van der Waals surface area contributed by atoms with Crippen LogP contribution in [0.5, 0.6) is 0 Å². The number of hydrogen-bond donors (Lipinski definition) is 0. The van der Waals surface area contributed by atoms with Crippen molar-refractivity contribution in [2.75, 3.05) is 0 Å². The van der Waals surface area contributed by atoms with E-state index in [1.165, 1.54) is 13.8 Å². The molecule has 6 heteroatoms. The van der Waals surface area contributed by atoms with Gasteiger partial charge in [0.15, 0.2) is 0 Å². The average Bonchev–Trinajstić information content (AvgIpc) is 1.39. The second kappa shape index (κ2) is 135. The van der Waals surface area contributed by atoms with Gasteiger partial charge in [-0.15, -0.1) is 0 Å². The molecule has 57 valence electrons. The molecule has 0 heterocycles. The molecular weight excluding hydrogens is 214 g/mol. The zero-order valence-electron chi connectivity index (χ0n) is 5.51. The van der Waals surface area contributed by atoms with E-state index in [9.17, 15) is 0 Å². The largest absolute Gasteiger partial charge is 4.00 e. The Morgan fingerprint density at radius 2 is 0.900 bits per heavy atom. The molecule has 0 aliphatic rings. The first-order valence-electron chi connectivity index (χ1n) is 1.45. The van der Waals surface area contributed by atoms with Gasteiger partial charge < -0.3 is 30.3 Å². The summed E-state index contributed by atoms with van der Waals surface area (Å²) in [5.74, 6) is 0. The van der Waals surface area contributed by atoms with E-state index >= 15 is 0 Å². The summed E-state index contributed by atoms with van der Waals surface area (Å²) in [5, 5.41) is 14.6. The van der Waals surface area contributed by atoms with E-state index in [2.05, 4.69) is 0 Å². The number of hydrogen-bond acceptors (Lipinski definition) is 2. The smallest absolute Gasteiger partial charge is 2.00 e. The van der Waals surface area contributed by atoms with Crippen LogP contribution in [0.3, 0.4) is 0 Å². The molecule has 0 aromatic carbocycles. The maximum atomic E-state index is 7.32. The standard InChI is InChI=1S/2C2H3N.2ClH.O.V/c2*1-2-3;;;;/h2*1H3;2*1H;;/q;;;;-2;+4/p-2. The molecule has 3 nitrogen and oxygen atoms in total.